The topological polar surface area (TPSA) is 101 Å². The molecule has 0 bridgehead atoms. The van der Waals surface area contributed by atoms with Crippen LogP contribution in [0.25, 0.3) is 0 Å². The van der Waals surface area contributed by atoms with E-state index in [9.17, 15) is 0 Å². The Balaban J connectivity index is 0.000000180. The lowest BCUT2D eigenvalue weighted by molar-refractivity contribution is 0.216. The van der Waals surface area contributed by atoms with E-state index in [2.05, 4.69) is 20.6 Å². The van der Waals surface area contributed by atoms with E-state index < -0.39 is 0 Å². The molecule has 0 amide bonds. The molecule has 1 rings (SSSR count). The zero-order chi connectivity index (χ0) is 7.98. The van der Waals surface area contributed by atoms with Crippen molar-refractivity contribution in [2.45, 2.75) is 20.0 Å². The summed E-state index contributed by atoms with van der Waals surface area (Å²) in [6, 6.07) is 0. The van der Waals surface area contributed by atoms with Crippen molar-refractivity contribution in [2.24, 2.45) is 0 Å². The summed E-state index contributed by atoms with van der Waals surface area (Å²) < 4.78 is 0. The predicted molar refractivity (Wildman–Crippen MR) is 35.9 cm³/mol. The van der Waals surface area contributed by atoms with Crippen molar-refractivity contribution >= 4 is 5.95 Å². The maximum Gasteiger partial charge on any atom is 0.260 e. The zero-order valence-corrected chi connectivity index (χ0v) is 5.94. The minimum Gasteiger partial charge on any atom is -0.394 e. The first-order chi connectivity index (χ1) is 4.63. The number of H-pyrrole nitrogens is 1. The number of rotatable bonds is 0. The third-order valence-electron chi connectivity index (χ3n) is 0.362. The average Bonchev–Trinajstić information content (AvgIpc) is 2.15. The lowest BCUT2D eigenvalue weighted by Crippen LogP contribution is -1.85. The smallest absolute Gasteiger partial charge is 0.260 e. The Morgan fingerprint density at radius 1 is 1.60 bits per heavy atom. The van der Waals surface area contributed by atoms with Crippen LogP contribution in [0.2, 0.25) is 0 Å². The Hall–Kier alpha value is -1.17. The lowest BCUT2D eigenvalue weighted by Gasteiger charge is -1.80. The van der Waals surface area contributed by atoms with Gasteiger partial charge in [-0.1, -0.05) is 5.10 Å². The number of nitrogens with two attached hydrogens (primary N) is 1. The number of anilines is 1. The molecule has 6 heteroatoms. The summed E-state index contributed by atoms with van der Waals surface area (Å²) in [5.41, 5.74) is 4.96. The van der Waals surface area contributed by atoms with Crippen LogP contribution in [-0.4, -0.2) is 31.8 Å². The van der Waals surface area contributed by atoms with E-state index >= 15 is 0 Å². The van der Waals surface area contributed by atoms with E-state index in [0.717, 1.165) is 0 Å². The molecule has 0 radical (unpaired) electrons. The number of nitrogen functional groups attached to an aromatic ring is 1. The summed E-state index contributed by atoms with van der Waals surface area (Å²) in [6.45, 7) is 3.44. The number of aliphatic hydroxyl groups excluding tert-OH is 1. The third-order valence-corrected chi connectivity index (χ3v) is 0.362. The second kappa shape index (κ2) is 4.68. The van der Waals surface area contributed by atoms with E-state index in [1.165, 1.54) is 0 Å². The van der Waals surface area contributed by atoms with Gasteiger partial charge in [0.2, 0.25) is 0 Å². The minimum absolute atomic E-state index is 0.167. The third kappa shape index (κ3) is 6.83. The molecule has 1 aromatic rings. The van der Waals surface area contributed by atoms with Crippen LogP contribution in [-0.2, 0) is 0 Å². The Labute approximate surface area is 58.4 Å². The molecule has 0 aliphatic carbocycles. The number of hydrogen-bond acceptors (Lipinski definition) is 5. The molecule has 0 saturated heterocycles. The van der Waals surface area contributed by atoms with Crippen LogP contribution in [0, 0.1) is 0 Å². The average molecular weight is 145 g/mol. The highest BCUT2D eigenvalue weighted by Crippen LogP contribution is 1.72. The molecule has 0 aliphatic rings. The molecule has 6 nitrogen and oxygen atoms in total. The summed E-state index contributed by atoms with van der Waals surface area (Å²) in [5, 5.41) is 20.1. The molecule has 58 valence electrons. The molecule has 10 heavy (non-hydrogen) atoms. The highest BCUT2D eigenvalue weighted by molar-refractivity contribution is 5.05. The van der Waals surface area contributed by atoms with E-state index in [-0.39, 0.29) is 12.1 Å². The highest BCUT2D eigenvalue weighted by atomic mass is 16.3. The first kappa shape index (κ1) is 8.83. The molecule has 0 saturated carbocycles. The second-order valence-electron chi connectivity index (χ2n) is 1.86. The Morgan fingerprint density at radius 3 is 2.20 bits per heavy atom. The molecule has 0 fully saturated rings. The number of aromatic nitrogens is 4. The predicted octanol–water partition coefficient (Wildman–Crippen LogP) is -0.831. The molecule has 0 unspecified atom stereocenters. The van der Waals surface area contributed by atoms with Gasteiger partial charge in [-0.3, -0.25) is 0 Å². The van der Waals surface area contributed by atoms with Crippen molar-refractivity contribution in [3.05, 3.63) is 0 Å². The Bertz CT molecular complexity index is 146. The summed E-state index contributed by atoms with van der Waals surface area (Å²) in [5.74, 6) is 0.176. The second-order valence-corrected chi connectivity index (χ2v) is 1.86. The number of nitrogens with one attached hydrogen (secondary N) is 1. The number of aliphatic hydroxyl groups is 1. The summed E-state index contributed by atoms with van der Waals surface area (Å²) in [6.07, 6.45) is -0.167. The summed E-state index contributed by atoms with van der Waals surface area (Å²) in [7, 11) is 0. The van der Waals surface area contributed by atoms with Crippen LogP contribution >= 0.6 is 0 Å². The molecule has 4 N–H and O–H groups in total. The fraction of sp³-hybridized carbons (Fsp3) is 0.750. The van der Waals surface area contributed by atoms with E-state index in [4.69, 9.17) is 10.8 Å². The van der Waals surface area contributed by atoms with E-state index in [1.807, 2.05) is 0 Å². The first-order valence-corrected chi connectivity index (χ1v) is 2.80. The normalized spacial score (nSPS) is 8.80. The number of hydrogen-bond donors (Lipinski definition) is 3. The van der Waals surface area contributed by atoms with Crippen molar-refractivity contribution in [3.8, 4) is 0 Å². The molecule has 1 heterocycles. The molecular formula is C4H11N5O. The monoisotopic (exact) mass is 145 g/mol. The van der Waals surface area contributed by atoms with Gasteiger partial charge in [0.25, 0.3) is 5.95 Å². The van der Waals surface area contributed by atoms with Gasteiger partial charge in [0, 0.05) is 6.10 Å². The number of tetrazole rings is 1. The fourth-order valence-corrected chi connectivity index (χ4v) is 0.170. The first-order valence-electron chi connectivity index (χ1n) is 2.80. The summed E-state index contributed by atoms with van der Waals surface area (Å²) >= 11 is 0. The van der Waals surface area contributed by atoms with Gasteiger partial charge in [-0.05, 0) is 19.1 Å². The SMILES string of the molecule is CC(C)O.Nc1nn[nH]n1. The minimum atomic E-state index is -0.167. The van der Waals surface area contributed by atoms with Crippen molar-refractivity contribution in [2.75, 3.05) is 5.73 Å². The molecule has 0 aromatic carbocycles. The van der Waals surface area contributed by atoms with Gasteiger partial charge in [0.05, 0.1) is 0 Å². The molecule has 0 atom stereocenters. The van der Waals surface area contributed by atoms with Gasteiger partial charge >= 0.3 is 0 Å². The maximum atomic E-state index is 8.06. The largest absolute Gasteiger partial charge is 0.394 e. The van der Waals surface area contributed by atoms with Gasteiger partial charge in [-0.15, -0.1) is 5.10 Å². The standard InChI is InChI=1S/C3H8O.CH3N5/c1-3(2)4;2-1-3-5-6-4-1/h3-4H,1-2H3;(H3,2,3,4,5,6). The van der Waals surface area contributed by atoms with Gasteiger partial charge in [-0.2, -0.15) is 5.21 Å². The number of aromatic amines is 1. The molecular weight excluding hydrogens is 134 g/mol. The van der Waals surface area contributed by atoms with Crippen LogP contribution in [0.3, 0.4) is 0 Å². The molecule has 0 aliphatic heterocycles. The zero-order valence-electron chi connectivity index (χ0n) is 5.94. The van der Waals surface area contributed by atoms with Gasteiger partial charge < -0.3 is 10.8 Å². The van der Waals surface area contributed by atoms with Crippen molar-refractivity contribution in [3.63, 3.8) is 0 Å². The van der Waals surface area contributed by atoms with Gasteiger partial charge in [0.1, 0.15) is 0 Å². The van der Waals surface area contributed by atoms with Crippen molar-refractivity contribution in [1.29, 1.82) is 0 Å². The van der Waals surface area contributed by atoms with Gasteiger partial charge in [-0.25, -0.2) is 0 Å². The maximum absolute atomic E-state index is 8.06. The summed E-state index contributed by atoms with van der Waals surface area (Å²) in [4.78, 5) is 0. The quantitative estimate of drug-likeness (QED) is 0.442. The van der Waals surface area contributed by atoms with Crippen LogP contribution in [0.4, 0.5) is 5.95 Å². The molecule has 0 spiro atoms. The van der Waals surface area contributed by atoms with Crippen molar-refractivity contribution in [1.82, 2.24) is 20.6 Å². The van der Waals surface area contributed by atoms with Crippen LogP contribution in [0.1, 0.15) is 13.8 Å². The van der Waals surface area contributed by atoms with E-state index in [1.54, 1.807) is 13.8 Å². The lowest BCUT2D eigenvalue weighted by atomic mass is 10.5. The van der Waals surface area contributed by atoms with Gasteiger partial charge in [0.15, 0.2) is 0 Å². The number of nitrogens with zero attached hydrogens (tertiary/aromatic N) is 3. The van der Waals surface area contributed by atoms with Crippen LogP contribution < -0.4 is 5.73 Å². The van der Waals surface area contributed by atoms with E-state index in [0.29, 0.717) is 0 Å². The molecule has 1 aromatic heterocycles. The fourth-order valence-electron chi connectivity index (χ4n) is 0.170. The van der Waals surface area contributed by atoms with Crippen LogP contribution in [0.15, 0.2) is 0 Å². The van der Waals surface area contributed by atoms with Crippen molar-refractivity contribution < 1.29 is 5.11 Å². The Kier molecular flexibility index (Phi) is 4.14. The van der Waals surface area contributed by atoms with Crippen LogP contribution in [0.5, 0.6) is 0 Å². The highest BCUT2D eigenvalue weighted by Gasteiger charge is 1.78. The Morgan fingerprint density at radius 2 is 2.10 bits per heavy atom.